The fourth-order valence-electron chi connectivity index (χ4n) is 3.58. The highest BCUT2D eigenvalue weighted by Crippen LogP contribution is 2.17. The van der Waals surface area contributed by atoms with Crippen molar-refractivity contribution in [2.45, 2.75) is 45.8 Å². The Balaban J connectivity index is 1.52. The minimum atomic E-state index is -0.826. The number of nitrogens with one attached hydrogen (secondary N) is 1. The summed E-state index contributed by atoms with van der Waals surface area (Å²) in [5.41, 5.74) is 4.95. The number of aliphatic hydroxyl groups is 1. The van der Waals surface area contributed by atoms with Gasteiger partial charge in [-0.3, -0.25) is 4.79 Å². The lowest BCUT2D eigenvalue weighted by molar-refractivity contribution is -0.136. The van der Waals surface area contributed by atoms with Gasteiger partial charge in [-0.15, -0.1) is 0 Å². The second-order valence-electron chi connectivity index (χ2n) is 7.82. The van der Waals surface area contributed by atoms with E-state index in [-0.39, 0.29) is 12.5 Å². The first-order valence-electron chi connectivity index (χ1n) is 10.2. The van der Waals surface area contributed by atoms with Crippen molar-refractivity contribution in [1.29, 1.82) is 0 Å². The normalized spacial score (nSPS) is 13.2. The number of nitrogens with zero attached hydrogens (tertiary/aromatic N) is 2. The Kier molecular flexibility index (Phi) is 7.03. The molecule has 30 heavy (non-hydrogen) atoms. The number of benzene rings is 1. The monoisotopic (exact) mass is 407 g/mol. The van der Waals surface area contributed by atoms with Crippen LogP contribution >= 0.6 is 0 Å². The van der Waals surface area contributed by atoms with Crippen molar-refractivity contribution >= 4 is 5.97 Å². The van der Waals surface area contributed by atoms with Gasteiger partial charge in [-0.1, -0.05) is 30.3 Å². The summed E-state index contributed by atoms with van der Waals surface area (Å²) >= 11 is 0. The Hall–Kier alpha value is -2.96. The summed E-state index contributed by atoms with van der Waals surface area (Å²) in [6.45, 7) is 6.59. The fourth-order valence-corrected chi connectivity index (χ4v) is 3.58. The summed E-state index contributed by atoms with van der Waals surface area (Å²) in [4.78, 5) is 15.3. The Bertz CT molecular complexity index is 958. The predicted molar refractivity (Wildman–Crippen MR) is 117 cm³/mol. The maximum absolute atomic E-state index is 10.8. The molecule has 6 heteroatoms. The van der Waals surface area contributed by atoms with E-state index in [0.717, 1.165) is 40.3 Å². The van der Waals surface area contributed by atoms with Crippen LogP contribution in [0.5, 0.6) is 0 Å². The van der Waals surface area contributed by atoms with Crippen LogP contribution in [0.1, 0.15) is 41.1 Å². The lowest BCUT2D eigenvalue weighted by Gasteiger charge is -2.18. The number of carbonyl (C=O) groups is 1. The first-order valence-corrected chi connectivity index (χ1v) is 10.2. The third-order valence-corrected chi connectivity index (χ3v) is 5.24. The van der Waals surface area contributed by atoms with Gasteiger partial charge in [0.25, 0.3) is 0 Å². The van der Waals surface area contributed by atoms with Crippen molar-refractivity contribution in [1.82, 2.24) is 14.9 Å². The van der Waals surface area contributed by atoms with Crippen LogP contribution in [0.2, 0.25) is 0 Å². The van der Waals surface area contributed by atoms with Crippen molar-refractivity contribution in [2.75, 3.05) is 6.54 Å². The molecule has 0 spiro atoms. The van der Waals surface area contributed by atoms with E-state index < -0.39 is 12.1 Å². The molecule has 0 bridgehead atoms. The highest BCUT2D eigenvalue weighted by atomic mass is 16.4. The number of hydrogen-bond donors (Lipinski definition) is 3. The molecule has 0 aliphatic carbocycles. The minimum absolute atomic E-state index is 0.0383. The first kappa shape index (κ1) is 21.7. The van der Waals surface area contributed by atoms with Gasteiger partial charge in [0.1, 0.15) is 5.82 Å². The lowest BCUT2D eigenvalue weighted by Crippen LogP contribution is -2.32. The standard InChI is InChI=1S/C24H29N3O3/c1-16(12-19-6-8-20(9-7-19)13-24(29)30)25-15-22(28)21-10-11-23(26-14-21)27-17(2)4-5-18(27)3/h4-11,14,16,22,25,28H,12-13,15H2,1-3H3,(H,29,30)/t16?,22-/m0/s1. The second-order valence-corrected chi connectivity index (χ2v) is 7.82. The van der Waals surface area contributed by atoms with Crippen LogP contribution in [0, 0.1) is 13.8 Å². The zero-order valence-electron chi connectivity index (χ0n) is 17.7. The second kappa shape index (κ2) is 9.69. The van der Waals surface area contributed by atoms with Crippen LogP contribution in [0.25, 0.3) is 5.82 Å². The highest BCUT2D eigenvalue weighted by molar-refractivity contribution is 5.70. The van der Waals surface area contributed by atoms with E-state index in [1.54, 1.807) is 6.20 Å². The number of carboxylic acid groups (broad SMARTS) is 1. The molecule has 0 amide bonds. The molecular weight excluding hydrogens is 378 g/mol. The van der Waals surface area contributed by atoms with Crippen LogP contribution in [0.3, 0.4) is 0 Å². The molecule has 3 N–H and O–H groups in total. The van der Waals surface area contributed by atoms with Gasteiger partial charge in [0.05, 0.1) is 12.5 Å². The minimum Gasteiger partial charge on any atom is -0.481 e. The van der Waals surface area contributed by atoms with Gasteiger partial charge in [0.2, 0.25) is 0 Å². The summed E-state index contributed by atoms with van der Waals surface area (Å²) < 4.78 is 2.08. The third kappa shape index (κ3) is 5.55. The molecule has 2 atom stereocenters. The van der Waals surface area contributed by atoms with Crippen LogP contribution in [-0.4, -0.2) is 38.3 Å². The van der Waals surface area contributed by atoms with Crippen molar-refractivity contribution in [3.05, 3.63) is 82.8 Å². The quantitative estimate of drug-likeness (QED) is 0.506. The molecule has 0 saturated heterocycles. The molecule has 2 heterocycles. The average Bonchev–Trinajstić information content (AvgIpc) is 3.05. The van der Waals surface area contributed by atoms with Gasteiger partial charge in [0.15, 0.2) is 0 Å². The Morgan fingerprint density at radius 1 is 1.03 bits per heavy atom. The molecule has 0 fully saturated rings. The van der Waals surface area contributed by atoms with Crippen molar-refractivity contribution in [3.8, 4) is 5.82 Å². The van der Waals surface area contributed by atoms with Crippen molar-refractivity contribution < 1.29 is 15.0 Å². The highest BCUT2D eigenvalue weighted by Gasteiger charge is 2.12. The van der Waals surface area contributed by atoms with Gasteiger partial charge in [-0.25, -0.2) is 4.98 Å². The maximum atomic E-state index is 10.8. The Morgan fingerprint density at radius 2 is 1.67 bits per heavy atom. The number of aliphatic carboxylic acids is 1. The number of aliphatic hydroxyl groups excluding tert-OH is 1. The summed E-state index contributed by atoms with van der Waals surface area (Å²) in [5.74, 6) is 0.0199. The molecule has 158 valence electrons. The number of aryl methyl sites for hydroxylation is 2. The molecule has 0 aliphatic heterocycles. The smallest absolute Gasteiger partial charge is 0.307 e. The summed E-state index contributed by atoms with van der Waals surface area (Å²) in [6.07, 6.45) is 1.92. The van der Waals surface area contributed by atoms with E-state index in [2.05, 4.69) is 33.9 Å². The van der Waals surface area contributed by atoms with E-state index in [1.807, 2.05) is 50.2 Å². The number of carboxylic acids is 1. The van der Waals surface area contributed by atoms with Crippen LogP contribution in [0.4, 0.5) is 0 Å². The van der Waals surface area contributed by atoms with E-state index in [4.69, 9.17) is 5.11 Å². The molecule has 1 unspecified atom stereocenters. The zero-order chi connectivity index (χ0) is 21.7. The van der Waals surface area contributed by atoms with Crippen molar-refractivity contribution in [3.63, 3.8) is 0 Å². The van der Waals surface area contributed by atoms with Gasteiger partial charge in [0, 0.05) is 35.7 Å². The lowest BCUT2D eigenvalue weighted by atomic mass is 10.0. The average molecular weight is 408 g/mol. The number of rotatable bonds is 9. The van der Waals surface area contributed by atoms with Gasteiger partial charge >= 0.3 is 5.97 Å². The van der Waals surface area contributed by atoms with E-state index >= 15 is 0 Å². The zero-order valence-corrected chi connectivity index (χ0v) is 17.7. The topological polar surface area (TPSA) is 87.4 Å². The number of aromatic nitrogens is 2. The van der Waals surface area contributed by atoms with Crippen LogP contribution in [0.15, 0.2) is 54.7 Å². The van der Waals surface area contributed by atoms with Crippen LogP contribution < -0.4 is 5.32 Å². The summed E-state index contributed by atoms with van der Waals surface area (Å²) in [5, 5.41) is 22.7. The Morgan fingerprint density at radius 3 is 2.23 bits per heavy atom. The summed E-state index contributed by atoms with van der Waals surface area (Å²) in [6, 6.07) is 15.8. The summed E-state index contributed by atoms with van der Waals surface area (Å²) in [7, 11) is 0. The molecule has 6 nitrogen and oxygen atoms in total. The number of hydrogen-bond acceptors (Lipinski definition) is 4. The van der Waals surface area contributed by atoms with Crippen LogP contribution in [-0.2, 0) is 17.6 Å². The van der Waals surface area contributed by atoms with E-state index in [1.165, 1.54) is 0 Å². The molecule has 0 aliphatic rings. The molecule has 1 aromatic carbocycles. The van der Waals surface area contributed by atoms with Gasteiger partial charge in [-0.05, 0) is 56.5 Å². The van der Waals surface area contributed by atoms with Crippen molar-refractivity contribution in [2.24, 2.45) is 0 Å². The fraction of sp³-hybridized carbons (Fsp3) is 0.333. The van der Waals surface area contributed by atoms with E-state index in [0.29, 0.717) is 6.54 Å². The van der Waals surface area contributed by atoms with E-state index in [9.17, 15) is 9.90 Å². The first-order chi connectivity index (χ1) is 14.3. The third-order valence-electron chi connectivity index (χ3n) is 5.24. The molecule has 2 aromatic heterocycles. The largest absolute Gasteiger partial charge is 0.481 e. The molecule has 0 saturated carbocycles. The maximum Gasteiger partial charge on any atom is 0.307 e. The molecule has 0 radical (unpaired) electrons. The molecular formula is C24H29N3O3. The number of pyridine rings is 1. The predicted octanol–water partition coefficient (Wildman–Crippen LogP) is 3.37. The SMILES string of the molecule is Cc1ccc(C)n1-c1ccc([C@@H](O)CNC(C)Cc2ccc(CC(=O)O)cc2)cn1. The van der Waals surface area contributed by atoms with Gasteiger partial charge in [-0.2, -0.15) is 0 Å². The van der Waals surface area contributed by atoms with Gasteiger partial charge < -0.3 is 20.1 Å². The molecule has 3 rings (SSSR count). The molecule has 3 aromatic rings. The Labute approximate surface area is 177 Å².